The lowest BCUT2D eigenvalue weighted by molar-refractivity contribution is 0.0149. The highest BCUT2D eigenvalue weighted by Gasteiger charge is 2.19. The second-order valence-electron chi connectivity index (χ2n) is 9.65. The van der Waals surface area contributed by atoms with E-state index in [1.807, 2.05) is 0 Å². The molecule has 4 rings (SSSR count). The Balaban J connectivity index is 0.000000209. The average Bonchev–Trinajstić information content (AvgIpc) is 3.05. The lowest BCUT2D eigenvalue weighted by atomic mass is 10.3. The van der Waals surface area contributed by atoms with Crippen molar-refractivity contribution in [1.82, 2.24) is 39.2 Å². The van der Waals surface area contributed by atoms with Crippen molar-refractivity contribution in [2.24, 2.45) is 0 Å². The molecule has 4 heterocycles. The molecule has 0 N–H and O–H groups in total. The lowest BCUT2D eigenvalue weighted by Crippen LogP contribution is -2.50. The number of alkyl halides is 2. The second-order valence-corrected chi connectivity index (χ2v) is 10.7. The highest BCUT2D eigenvalue weighted by molar-refractivity contribution is 6.20. The van der Waals surface area contributed by atoms with E-state index in [0.29, 0.717) is 0 Å². The molecule has 0 radical (unpaired) electrons. The summed E-state index contributed by atoms with van der Waals surface area (Å²) >= 11 is 11.9. The van der Waals surface area contributed by atoms with E-state index >= 15 is 0 Å². The minimum absolute atomic E-state index is 0.212. The van der Waals surface area contributed by atoms with Gasteiger partial charge in [0.15, 0.2) is 0 Å². The van der Waals surface area contributed by atoms with Crippen LogP contribution < -0.4 is 0 Å². The molecule has 0 unspecified atom stereocenters. The van der Waals surface area contributed by atoms with Crippen LogP contribution in [0.2, 0.25) is 0 Å². The van der Waals surface area contributed by atoms with Gasteiger partial charge in [-0.3, -0.25) is 29.4 Å². The molecule has 4 aliphatic heterocycles. The summed E-state index contributed by atoms with van der Waals surface area (Å²) < 4.78 is 0. The number of rotatable bonds is 0. The van der Waals surface area contributed by atoms with Gasteiger partial charge in [0.1, 0.15) is 0 Å². The zero-order valence-corrected chi connectivity index (χ0v) is 22.8. The summed E-state index contributed by atoms with van der Waals surface area (Å²) in [5.41, 5.74) is 0.424. The molecule has 2 atom stereocenters. The van der Waals surface area contributed by atoms with Crippen molar-refractivity contribution in [2.75, 3.05) is 129 Å². The largest absolute Gasteiger partial charge is 0.302 e. The highest BCUT2D eigenvalue weighted by Crippen LogP contribution is 2.09. The van der Waals surface area contributed by atoms with E-state index in [4.69, 9.17) is 23.2 Å². The Kier molecular flexibility index (Phi) is 14.4. The van der Waals surface area contributed by atoms with Crippen molar-refractivity contribution in [1.29, 1.82) is 0 Å². The SMILES string of the molecule is CN1CCN(C)C1.CN1CCN(C)[C@@H](Cl)C1.CN1CCN(C)[C@H](Cl)C1.CN1CN(C)C1. The van der Waals surface area contributed by atoms with Crippen LogP contribution in [0.4, 0.5) is 0 Å². The van der Waals surface area contributed by atoms with E-state index in [9.17, 15) is 0 Å². The molecule has 0 aromatic rings. The zero-order valence-electron chi connectivity index (χ0n) is 21.3. The number of halogens is 2. The van der Waals surface area contributed by atoms with Crippen molar-refractivity contribution in [3.63, 3.8) is 0 Å². The maximum absolute atomic E-state index is 5.95. The third kappa shape index (κ3) is 12.9. The van der Waals surface area contributed by atoms with Gasteiger partial charge in [-0.05, 0) is 56.4 Å². The summed E-state index contributed by atoms with van der Waals surface area (Å²) in [4.78, 5) is 17.9. The van der Waals surface area contributed by atoms with Crippen LogP contribution in [0.1, 0.15) is 0 Å². The van der Waals surface area contributed by atoms with Crippen LogP contribution in [0.5, 0.6) is 0 Å². The fourth-order valence-corrected chi connectivity index (χ4v) is 4.26. The number of likely N-dealkylation sites (N-methyl/N-ethyl adjacent to an activating group) is 6. The predicted molar refractivity (Wildman–Crippen MR) is 135 cm³/mol. The van der Waals surface area contributed by atoms with Gasteiger partial charge in [-0.25, -0.2) is 0 Å². The molecule has 31 heavy (non-hydrogen) atoms. The van der Waals surface area contributed by atoms with E-state index in [-0.39, 0.29) is 11.0 Å². The van der Waals surface area contributed by atoms with E-state index in [1.165, 1.54) is 13.1 Å². The van der Waals surface area contributed by atoms with Crippen molar-refractivity contribution in [2.45, 2.75) is 11.0 Å². The summed E-state index contributed by atoms with van der Waals surface area (Å²) in [6.07, 6.45) is 0. The number of hydrogen-bond donors (Lipinski definition) is 0. The molecule has 4 saturated heterocycles. The van der Waals surface area contributed by atoms with Crippen LogP contribution in [0.3, 0.4) is 0 Å². The average molecular weight is 484 g/mol. The Morgan fingerprint density at radius 3 is 0.871 bits per heavy atom. The van der Waals surface area contributed by atoms with E-state index in [1.54, 1.807) is 0 Å². The molecule has 10 heteroatoms. The van der Waals surface area contributed by atoms with Crippen LogP contribution in [0.25, 0.3) is 0 Å². The van der Waals surface area contributed by atoms with Crippen molar-refractivity contribution in [3.05, 3.63) is 0 Å². The fourth-order valence-electron chi connectivity index (χ4n) is 3.59. The van der Waals surface area contributed by atoms with Crippen LogP contribution in [-0.4, -0.2) is 179 Å². The molecular weight excluding hydrogens is 435 g/mol. The van der Waals surface area contributed by atoms with Gasteiger partial charge >= 0.3 is 0 Å². The van der Waals surface area contributed by atoms with Crippen LogP contribution in [0, 0.1) is 0 Å². The molecule has 4 fully saturated rings. The van der Waals surface area contributed by atoms with Gasteiger partial charge in [0.05, 0.1) is 31.0 Å². The molecular formula is C21H48Cl2N8. The number of hydrogen-bond acceptors (Lipinski definition) is 8. The quantitative estimate of drug-likeness (QED) is 0.362. The first kappa shape index (κ1) is 29.3. The fraction of sp³-hybridized carbons (Fsp3) is 1.00. The molecule has 186 valence electrons. The maximum Gasteiger partial charge on any atom is 0.0976 e. The first-order chi connectivity index (χ1) is 14.5. The van der Waals surface area contributed by atoms with Crippen LogP contribution in [-0.2, 0) is 0 Å². The van der Waals surface area contributed by atoms with E-state index in [0.717, 1.165) is 59.3 Å². The van der Waals surface area contributed by atoms with Gasteiger partial charge in [-0.2, -0.15) is 0 Å². The molecule has 0 aromatic carbocycles. The minimum atomic E-state index is 0.212. The third-order valence-electron chi connectivity index (χ3n) is 5.86. The zero-order chi connectivity index (χ0) is 23.6. The summed E-state index contributed by atoms with van der Waals surface area (Å²) in [6, 6.07) is 0. The smallest absolute Gasteiger partial charge is 0.0976 e. The Hall–Kier alpha value is 0.260. The summed E-state index contributed by atoms with van der Waals surface area (Å²) in [7, 11) is 16.8. The number of nitrogens with zero attached hydrogens (tertiary/aromatic N) is 8. The molecule has 0 aromatic heterocycles. The second kappa shape index (κ2) is 15.2. The van der Waals surface area contributed by atoms with Gasteiger partial charge in [0.25, 0.3) is 0 Å². The molecule has 0 saturated carbocycles. The minimum Gasteiger partial charge on any atom is -0.302 e. The Morgan fingerprint density at radius 1 is 0.419 bits per heavy atom. The normalized spacial score (nSPS) is 30.4. The van der Waals surface area contributed by atoms with Crippen LogP contribution in [0.15, 0.2) is 0 Å². The third-order valence-corrected chi connectivity index (χ3v) is 6.80. The van der Waals surface area contributed by atoms with Gasteiger partial charge in [-0.1, -0.05) is 0 Å². The Labute approximate surface area is 202 Å². The predicted octanol–water partition coefficient (Wildman–Crippen LogP) is 0.457. The van der Waals surface area contributed by atoms with Crippen molar-refractivity contribution < 1.29 is 0 Å². The molecule has 0 bridgehead atoms. The van der Waals surface area contributed by atoms with Crippen molar-refractivity contribution >= 4 is 23.2 Å². The molecule has 0 amide bonds. The van der Waals surface area contributed by atoms with Crippen LogP contribution >= 0.6 is 23.2 Å². The maximum atomic E-state index is 5.95. The first-order valence-corrected chi connectivity index (χ1v) is 12.1. The van der Waals surface area contributed by atoms with E-state index in [2.05, 4.69) is 95.6 Å². The Morgan fingerprint density at radius 2 is 0.710 bits per heavy atom. The van der Waals surface area contributed by atoms with Gasteiger partial charge in [-0.15, -0.1) is 23.2 Å². The van der Waals surface area contributed by atoms with Gasteiger partial charge in [0, 0.05) is 52.4 Å². The summed E-state index contributed by atoms with van der Waals surface area (Å²) in [5.74, 6) is 0. The summed E-state index contributed by atoms with van der Waals surface area (Å²) in [5, 5.41) is 0. The Bertz CT molecular complexity index is 431. The monoisotopic (exact) mass is 482 g/mol. The summed E-state index contributed by atoms with van der Waals surface area (Å²) in [6.45, 7) is 12.3. The molecule has 8 nitrogen and oxygen atoms in total. The van der Waals surface area contributed by atoms with E-state index < -0.39 is 0 Å². The topological polar surface area (TPSA) is 25.9 Å². The standard InChI is InChI=1S/2C6H13ClN2.C5H12N2.C4H10N2/c2*1-8-3-4-9(2)6(7)5-8;1-6-3-4-7(2)5-6;1-5-3-6(2)4-5/h2*6H,3-5H2,1-2H3;3-5H2,1-2H3;3-4H2,1-2H3/t2*6-;;/m10../s1. The number of piperazine rings is 2. The van der Waals surface area contributed by atoms with Crippen molar-refractivity contribution in [3.8, 4) is 0 Å². The molecule has 0 spiro atoms. The highest BCUT2D eigenvalue weighted by atomic mass is 35.5. The first-order valence-electron chi connectivity index (χ1n) is 11.3. The molecule has 0 aliphatic carbocycles. The van der Waals surface area contributed by atoms with Gasteiger partial charge < -0.3 is 9.80 Å². The van der Waals surface area contributed by atoms with Gasteiger partial charge in [0.2, 0.25) is 0 Å². The lowest BCUT2D eigenvalue weighted by Gasteiger charge is -2.36. The molecule has 4 aliphatic rings.